The largest absolute Gasteiger partial charge is 0.397 e. The van der Waals surface area contributed by atoms with Crippen molar-refractivity contribution >= 4 is 37.0 Å². The molecule has 0 spiro atoms. The van der Waals surface area contributed by atoms with Crippen LogP contribution in [0.2, 0.25) is 0 Å². The van der Waals surface area contributed by atoms with E-state index in [9.17, 15) is 89.7 Å². The molecule has 5 saturated heterocycles. The molecule has 0 aromatic rings. The number of aliphatic hydroxyl groups is 9. The van der Waals surface area contributed by atoms with Crippen LogP contribution in [0.3, 0.4) is 0 Å². The third-order valence-corrected chi connectivity index (χ3v) is 22.3. The van der Waals surface area contributed by atoms with Crippen LogP contribution in [0, 0.1) is 39.4 Å². The van der Waals surface area contributed by atoms with Crippen LogP contribution in [0.5, 0.6) is 0 Å². The van der Waals surface area contributed by atoms with Gasteiger partial charge in [-0.05, 0) is 92.3 Å². The van der Waals surface area contributed by atoms with E-state index in [0.29, 0.717) is 19.3 Å². The van der Waals surface area contributed by atoms with Gasteiger partial charge in [0.05, 0.1) is 38.6 Å². The minimum absolute atomic E-state index is 0.00617. The number of fused-ring (bicyclic) bond motifs is 5. The van der Waals surface area contributed by atoms with E-state index in [1.807, 2.05) is 0 Å². The zero-order chi connectivity index (χ0) is 65.6. The van der Waals surface area contributed by atoms with Crippen molar-refractivity contribution in [3.05, 3.63) is 11.6 Å². The molecule has 0 radical (unpaired) electrons. The highest BCUT2D eigenvalue weighted by Gasteiger charge is 2.67. The molecule has 1 unspecified atom stereocenters. The first-order valence-electron chi connectivity index (χ1n) is 29.5. The van der Waals surface area contributed by atoms with Crippen molar-refractivity contribution in [1.82, 2.24) is 0 Å². The summed E-state index contributed by atoms with van der Waals surface area (Å²) in [5, 5.41) is 102. The molecule has 8 fully saturated rings. The number of methoxy groups -OCH3 is 1. The van der Waals surface area contributed by atoms with Gasteiger partial charge in [0.15, 0.2) is 31.5 Å². The minimum Gasteiger partial charge on any atom is -0.388 e. The Kier molecular flexibility index (Phi) is 21.4. The van der Waals surface area contributed by atoms with E-state index in [4.69, 9.17) is 56.3 Å². The molecule has 5 heterocycles. The normalized spacial score (nSPS) is 48.8. The number of Topliss-reactive ketones (excluding diaryl/α,β-unsaturated/α-hetero) is 1. The van der Waals surface area contributed by atoms with Crippen LogP contribution < -0.4 is 0 Å². The van der Waals surface area contributed by atoms with Crippen molar-refractivity contribution < 1.29 is 154 Å². The molecular formula is C53H86O33S3. The van der Waals surface area contributed by atoms with Crippen LogP contribution in [0.4, 0.5) is 0 Å². The van der Waals surface area contributed by atoms with Crippen molar-refractivity contribution in [2.75, 3.05) is 33.5 Å². The Balaban J connectivity index is 0.996. The van der Waals surface area contributed by atoms with Gasteiger partial charge < -0.3 is 98.1 Å². The fourth-order valence-electron chi connectivity index (χ4n) is 16.0. The number of aliphatic hydroxyl groups excluding tert-OH is 9. The average Bonchev–Trinajstić information content (AvgIpc) is 1.68. The van der Waals surface area contributed by atoms with Gasteiger partial charge in [-0.3, -0.25) is 18.5 Å². The van der Waals surface area contributed by atoms with Gasteiger partial charge in [-0.15, -0.1) is 0 Å². The molecule has 0 aromatic carbocycles. The molecule has 514 valence electrons. The van der Waals surface area contributed by atoms with E-state index in [-0.39, 0.29) is 39.8 Å². The van der Waals surface area contributed by atoms with E-state index in [2.05, 4.69) is 49.1 Å². The van der Waals surface area contributed by atoms with Gasteiger partial charge in [0.1, 0.15) is 110 Å². The van der Waals surface area contributed by atoms with Crippen LogP contribution in [0.25, 0.3) is 0 Å². The number of ketones is 1. The van der Waals surface area contributed by atoms with Gasteiger partial charge in [0.2, 0.25) is 0 Å². The van der Waals surface area contributed by atoms with Crippen LogP contribution in [-0.2, 0) is 101 Å². The summed E-state index contributed by atoms with van der Waals surface area (Å²) in [5.41, 5.74) is 0.126. The lowest BCUT2D eigenvalue weighted by Crippen LogP contribution is -2.68. The number of allylic oxidation sites excluding steroid dienone is 2. The maximum Gasteiger partial charge on any atom is 0.397 e. The number of carbonyl (C=O) groups is 1. The zero-order valence-electron chi connectivity index (χ0n) is 50.1. The quantitative estimate of drug-likeness (QED) is 0.0430. The number of carbonyl (C=O) groups excluding carboxylic acids is 1. The first kappa shape index (κ1) is 71.5. The molecular weight excluding hydrogens is 1260 g/mol. The summed E-state index contributed by atoms with van der Waals surface area (Å²) >= 11 is 0. The first-order valence-corrected chi connectivity index (χ1v) is 33.6. The van der Waals surface area contributed by atoms with E-state index >= 15 is 0 Å². The summed E-state index contributed by atoms with van der Waals surface area (Å²) in [6.45, 7) is 10.2. The summed E-state index contributed by atoms with van der Waals surface area (Å²) in [6.07, 6.45) is -38.3. The van der Waals surface area contributed by atoms with Gasteiger partial charge in [-0.1, -0.05) is 46.3 Å². The number of rotatable bonds is 20. The lowest BCUT2D eigenvalue weighted by molar-refractivity contribution is -0.403. The van der Waals surface area contributed by atoms with Crippen LogP contribution in [0.1, 0.15) is 93.4 Å². The minimum atomic E-state index is -5.31. The average molecular weight is 1350 g/mol. The van der Waals surface area contributed by atoms with Gasteiger partial charge >= 0.3 is 31.2 Å². The predicted octanol–water partition coefficient (Wildman–Crippen LogP) is -2.90. The third-order valence-electron chi connectivity index (χ3n) is 20.9. The summed E-state index contributed by atoms with van der Waals surface area (Å²) in [7, 11) is -14.8. The topological polar surface area (TPSA) is 491 Å². The molecule has 0 bridgehead atoms. The van der Waals surface area contributed by atoms with E-state index in [0.717, 1.165) is 32.8 Å². The smallest absolute Gasteiger partial charge is 0.388 e. The summed E-state index contributed by atoms with van der Waals surface area (Å²) < 4.78 is 179. The molecule has 0 aromatic heterocycles. The van der Waals surface area contributed by atoms with Crippen LogP contribution in [0.15, 0.2) is 11.6 Å². The zero-order valence-corrected chi connectivity index (χ0v) is 52.6. The van der Waals surface area contributed by atoms with Gasteiger partial charge in [0.25, 0.3) is 0 Å². The number of hydrogen-bond donors (Lipinski definition) is 12. The van der Waals surface area contributed by atoms with Crippen molar-refractivity contribution in [2.24, 2.45) is 39.4 Å². The van der Waals surface area contributed by atoms with E-state index in [1.165, 1.54) is 12.5 Å². The molecule has 89 heavy (non-hydrogen) atoms. The lowest BCUT2D eigenvalue weighted by atomic mass is 9.41. The molecule has 9 rings (SSSR count). The van der Waals surface area contributed by atoms with Gasteiger partial charge in [-0.25, -0.2) is 12.5 Å². The Bertz CT molecular complexity index is 2870. The first-order chi connectivity index (χ1) is 41.2. The van der Waals surface area contributed by atoms with Crippen molar-refractivity contribution in [3.63, 3.8) is 0 Å². The van der Waals surface area contributed by atoms with Gasteiger partial charge in [-0.2, -0.15) is 25.3 Å². The molecule has 30 atom stereocenters. The Morgan fingerprint density at radius 3 is 1.71 bits per heavy atom. The van der Waals surface area contributed by atoms with E-state index < -0.39 is 210 Å². The fourth-order valence-corrected chi connectivity index (χ4v) is 17.1. The highest BCUT2D eigenvalue weighted by atomic mass is 32.3. The SMILES string of the molecule is CO[C@@H]1[C@@H](O)[C@H](O[C@@H]2[C@@H](O)[C@H](O[C@H]3[C@H](O)[C@@H](O[C@@H]4OC[C@@H](O)[C@H](O)[C@H]4O)[C@H](O[C@H]4[C@H](O[C@H]5CC[C@]6(C)C(CC=C7[C@H]6CC[C@]6(C)[C@@H](C(C)=O)CC[C@@]76C)C5(C)C)OC[C@@H](OS(=O)(=O)O)[C@@H]4O)O[C@@H]3C)O[C@H](COS(=O)(=O)O)[C@H]2O)O[C@H](COS(=O)(=O)O)[C@H]1O. The maximum atomic E-state index is 13.0. The third kappa shape index (κ3) is 14.2. The van der Waals surface area contributed by atoms with E-state index in [1.54, 1.807) is 6.92 Å². The fraction of sp³-hybridized carbons (Fsp3) is 0.943. The second-order valence-corrected chi connectivity index (χ2v) is 29.5. The summed E-state index contributed by atoms with van der Waals surface area (Å²) in [4.78, 5) is 13.0. The Hall–Kier alpha value is -1.78. The molecule has 36 heteroatoms. The molecule has 4 aliphatic carbocycles. The lowest BCUT2D eigenvalue weighted by Gasteiger charge is -2.64. The summed E-state index contributed by atoms with van der Waals surface area (Å²) in [6, 6.07) is 0. The highest BCUT2D eigenvalue weighted by Crippen LogP contribution is 2.73. The highest BCUT2D eigenvalue weighted by molar-refractivity contribution is 7.81. The Morgan fingerprint density at radius 1 is 0.573 bits per heavy atom. The second kappa shape index (κ2) is 26.7. The second-order valence-electron chi connectivity index (χ2n) is 26.3. The van der Waals surface area contributed by atoms with Gasteiger partial charge in [0, 0.05) is 13.0 Å². The van der Waals surface area contributed by atoms with Crippen LogP contribution >= 0.6 is 0 Å². The molecule has 5 aliphatic heterocycles. The summed E-state index contributed by atoms with van der Waals surface area (Å²) in [5.74, 6) is 0.369. The van der Waals surface area contributed by atoms with Crippen molar-refractivity contribution in [1.29, 1.82) is 0 Å². The maximum absolute atomic E-state index is 13.0. The Morgan fingerprint density at radius 2 is 1.12 bits per heavy atom. The van der Waals surface area contributed by atoms with Crippen molar-refractivity contribution in [3.8, 4) is 0 Å². The number of hydrogen-bond acceptors (Lipinski definition) is 30. The molecule has 9 aliphatic rings. The van der Waals surface area contributed by atoms with Crippen molar-refractivity contribution in [2.45, 2.75) is 241 Å². The monoisotopic (exact) mass is 1350 g/mol. The molecule has 0 amide bonds. The Labute approximate surface area is 514 Å². The number of ether oxygens (including phenoxy) is 11. The predicted molar refractivity (Wildman–Crippen MR) is 291 cm³/mol. The van der Waals surface area contributed by atoms with Crippen LogP contribution in [-0.4, -0.2) is 272 Å². The molecule has 33 nitrogen and oxygen atoms in total. The molecule has 12 N–H and O–H groups in total. The standard InChI is InChI=1S/C53H86O33S3/c1-21(54)23-11-15-53(7)25-9-10-30-50(3,4)31(13-14-51(30,5)24(25)12-16-52(23,53)6)81-48-43(35(59)29(18-75-48)86-89(70,71)72)85-49-44(84-45-36(60)32(56)26(55)17-74-45)37(61)40(22(2)78-49)82-47-39(63)42(34(58)28(80-47)20-77-88(67,68)69)83-46-38(62)41(73-8)33(57)27(79-46)19-76-87(64,65)66/h9,22-24,26-49,55-63H,10-20H2,1-8H3,(H,64,65,66)(H,67,68,69)(H,70,71,72)/t22-,23-,24-,26-,27-,28-,29-,30?,31+,32+,33-,34-,35+,36-,37+,38-,39-,40-,41+,42+,43-,44-,45+,46+,47+,48+,49+,51+,52-,53+/m1/s1. The molecule has 3 saturated carbocycles.